The van der Waals surface area contributed by atoms with Gasteiger partial charge in [-0.1, -0.05) is 42.1 Å². The Labute approximate surface area is 150 Å². The smallest absolute Gasteiger partial charge is 0.274 e. The molecule has 0 aliphatic carbocycles. The molecule has 0 aliphatic rings. The van der Waals surface area contributed by atoms with Gasteiger partial charge in [0.15, 0.2) is 10.9 Å². The second-order valence-electron chi connectivity index (χ2n) is 5.36. The van der Waals surface area contributed by atoms with Crippen molar-refractivity contribution in [1.29, 1.82) is 0 Å². The number of rotatable bonds is 5. The van der Waals surface area contributed by atoms with Crippen LogP contribution in [0.4, 0.5) is 5.69 Å². The van der Waals surface area contributed by atoms with Gasteiger partial charge >= 0.3 is 0 Å². The fourth-order valence-electron chi connectivity index (χ4n) is 2.55. The number of aromatic nitrogens is 2. The van der Waals surface area contributed by atoms with Crippen molar-refractivity contribution in [1.82, 2.24) is 9.55 Å². The molecular weight excluding hydrogens is 334 g/mol. The summed E-state index contributed by atoms with van der Waals surface area (Å²) in [7, 11) is 0. The van der Waals surface area contributed by atoms with E-state index in [0.717, 1.165) is 10.8 Å². The third-order valence-electron chi connectivity index (χ3n) is 3.71. The molecule has 3 rings (SSSR count). The summed E-state index contributed by atoms with van der Waals surface area (Å²) in [5.74, 6) is -0.414. The number of Topliss-reactive ketones (excluding diaryl/α,β-unsaturated/α-hetero) is 1. The summed E-state index contributed by atoms with van der Waals surface area (Å²) in [5.41, 5.74) is 2.24. The van der Waals surface area contributed by atoms with Crippen molar-refractivity contribution >= 4 is 29.1 Å². The van der Waals surface area contributed by atoms with E-state index >= 15 is 0 Å². The summed E-state index contributed by atoms with van der Waals surface area (Å²) >= 11 is 1.46. The highest BCUT2D eigenvalue weighted by molar-refractivity contribution is 7.98. The Bertz CT molecular complexity index is 919. The van der Waals surface area contributed by atoms with Crippen LogP contribution in [-0.2, 0) is 0 Å². The van der Waals surface area contributed by atoms with Crippen molar-refractivity contribution < 1.29 is 9.59 Å². The molecule has 1 amide bonds. The van der Waals surface area contributed by atoms with E-state index in [4.69, 9.17) is 0 Å². The van der Waals surface area contributed by atoms with E-state index in [-0.39, 0.29) is 11.7 Å². The number of anilines is 1. The Morgan fingerprint density at radius 1 is 1.04 bits per heavy atom. The number of thioether (sulfide) groups is 1. The van der Waals surface area contributed by atoms with Crippen LogP contribution in [-0.4, -0.2) is 27.5 Å². The topological polar surface area (TPSA) is 64.0 Å². The third kappa shape index (κ3) is 3.49. The van der Waals surface area contributed by atoms with E-state index in [9.17, 15) is 9.59 Å². The molecule has 0 aliphatic heterocycles. The second kappa shape index (κ2) is 7.36. The predicted molar refractivity (Wildman–Crippen MR) is 99.7 cm³/mol. The van der Waals surface area contributed by atoms with Crippen LogP contribution in [0.3, 0.4) is 0 Å². The van der Waals surface area contributed by atoms with Gasteiger partial charge in [0, 0.05) is 11.3 Å². The minimum atomic E-state index is -0.314. The van der Waals surface area contributed by atoms with Crippen LogP contribution in [0, 0.1) is 0 Å². The normalized spacial score (nSPS) is 10.5. The molecule has 1 aromatic heterocycles. The fraction of sp³-hybridized carbons (Fsp3) is 0.105. The molecule has 0 saturated carbocycles. The molecule has 126 valence electrons. The molecule has 3 aromatic rings. The number of para-hydroxylation sites is 2. The molecule has 0 saturated heterocycles. The van der Waals surface area contributed by atoms with E-state index in [2.05, 4.69) is 10.3 Å². The lowest BCUT2D eigenvalue weighted by atomic mass is 10.1. The van der Waals surface area contributed by atoms with Gasteiger partial charge in [-0.2, -0.15) is 0 Å². The van der Waals surface area contributed by atoms with E-state index in [1.807, 2.05) is 36.6 Å². The van der Waals surface area contributed by atoms with Gasteiger partial charge in [0.25, 0.3) is 5.91 Å². The molecule has 0 spiro atoms. The lowest BCUT2D eigenvalue weighted by Crippen LogP contribution is -2.18. The summed E-state index contributed by atoms with van der Waals surface area (Å²) in [6.45, 7) is 1.48. The standard InChI is InChI=1S/C19H17N3O2S/c1-13(23)15-10-6-7-11-16(15)21-18(24)17-12-20-19(25-2)22(17)14-8-4-3-5-9-14/h3-12H,1-2H3,(H,21,24). The first-order valence-electron chi connectivity index (χ1n) is 7.70. The largest absolute Gasteiger partial charge is 0.320 e. The molecule has 5 nitrogen and oxygen atoms in total. The zero-order valence-electron chi connectivity index (χ0n) is 13.9. The maximum absolute atomic E-state index is 12.8. The zero-order chi connectivity index (χ0) is 17.8. The van der Waals surface area contributed by atoms with Crippen LogP contribution in [0.2, 0.25) is 0 Å². The van der Waals surface area contributed by atoms with Crippen LogP contribution < -0.4 is 5.32 Å². The highest BCUT2D eigenvalue weighted by Crippen LogP contribution is 2.23. The first kappa shape index (κ1) is 17.0. The molecule has 25 heavy (non-hydrogen) atoms. The lowest BCUT2D eigenvalue weighted by Gasteiger charge is -2.12. The van der Waals surface area contributed by atoms with Crippen LogP contribution in [0.25, 0.3) is 5.69 Å². The average molecular weight is 351 g/mol. The summed E-state index contributed by atoms with van der Waals surface area (Å²) in [6, 6.07) is 16.5. The summed E-state index contributed by atoms with van der Waals surface area (Å²) < 4.78 is 1.80. The van der Waals surface area contributed by atoms with Gasteiger partial charge < -0.3 is 5.32 Å². The van der Waals surface area contributed by atoms with Crippen LogP contribution >= 0.6 is 11.8 Å². The summed E-state index contributed by atoms with van der Waals surface area (Å²) in [6.07, 6.45) is 3.46. The Kier molecular flexibility index (Phi) is 5.00. The molecule has 1 heterocycles. The maximum atomic E-state index is 12.8. The lowest BCUT2D eigenvalue weighted by molar-refractivity contribution is 0.101. The van der Waals surface area contributed by atoms with Gasteiger partial charge in [0.2, 0.25) is 0 Å². The van der Waals surface area contributed by atoms with E-state index in [1.54, 1.807) is 35.0 Å². The Morgan fingerprint density at radius 2 is 1.72 bits per heavy atom. The SMILES string of the molecule is CSc1ncc(C(=O)Nc2ccccc2C(C)=O)n1-c1ccccc1. The number of carbonyl (C=O) groups is 2. The molecule has 0 atom stereocenters. The predicted octanol–water partition coefficient (Wildman–Crippen LogP) is 4.05. The van der Waals surface area contributed by atoms with Gasteiger partial charge in [0.1, 0.15) is 5.69 Å². The molecule has 0 radical (unpaired) electrons. The van der Waals surface area contributed by atoms with Crippen molar-refractivity contribution in [3.05, 3.63) is 72.1 Å². The Morgan fingerprint density at radius 3 is 2.40 bits per heavy atom. The Hall–Kier alpha value is -2.86. The third-order valence-corrected chi connectivity index (χ3v) is 4.37. The van der Waals surface area contributed by atoms with Crippen LogP contribution in [0.5, 0.6) is 0 Å². The van der Waals surface area contributed by atoms with Gasteiger partial charge in [-0.05, 0) is 37.4 Å². The number of imidazole rings is 1. The number of nitrogens with one attached hydrogen (secondary N) is 1. The second-order valence-corrected chi connectivity index (χ2v) is 6.13. The summed E-state index contributed by atoms with van der Waals surface area (Å²) in [4.78, 5) is 28.9. The van der Waals surface area contributed by atoms with Gasteiger partial charge in [-0.25, -0.2) is 4.98 Å². The molecule has 0 bridgehead atoms. The Balaban J connectivity index is 1.99. The highest BCUT2D eigenvalue weighted by Gasteiger charge is 2.19. The van der Waals surface area contributed by atoms with Crippen molar-refractivity contribution in [3.8, 4) is 5.69 Å². The fourth-order valence-corrected chi connectivity index (χ4v) is 3.10. The molecule has 1 N–H and O–H groups in total. The number of hydrogen-bond acceptors (Lipinski definition) is 4. The molecule has 6 heteroatoms. The van der Waals surface area contributed by atoms with Crippen molar-refractivity contribution in [2.75, 3.05) is 11.6 Å². The molecule has 0 fully saturated rings. The highest BCUT2D eigenvalue weighted by atomic mass is 32.2. The molecule has 0 unspecified atom stereocenters. The number of ketones is 1. The first-order valence-corrected chi connectivity index (χ1v) is 8.92. The minimum Gasteiger partial charge on any atom is -0.320 e. The minimum absolute atomic E-state index is 0.0998. The monoisotopic (exact) mass is 351 g/mol. The number of nitrogens with zero attached hydrogens (tertiary/aromatic N) is 2. The first-order chi connectivity index (χ1) is 12.1. The summed E-state index contributed by atoms with van der Waals surface area (Å²) in [5, 5.41) is 3.54. The van der Waals surface area contributed by atoms with E-state index < -0.39 is 0 Å². The number of carbonyl (C=O) groups excluding carboxylic acids is 2. The quantitative estimate of drug-likeness (QED) is 0.556. The molecule has 2 aromatic carbocycles. The van der Waals surface area contributed by atoms with Crippen molar-refractivity contribution in [2.24, 2.45) is 0 Å². The number of hydrogen-bond donors (Lipinski definition) is 1. The number of amides is 1. The average Bonchev–Trinajstić information content (AvgIpc) is 3.07. The van der Waals surface area contributed by atoms with Gasteiger partial charge in [-0.15, -0.1) is 0 Å². The zero-order valence-corrected chi connectivity index (χ0v) is 14.7. The van der Waals surface area contributed by atoms with Gasteiger partial charge in [0.05, 0.1) is 11.9 Å². The van der Waals surface area contributed by atoms with Crippen molar-refractivity contribution in [3.63, 3.8) is 0 Å². The van der Waals surface area contributed by atoms with Crippen LogP contribution in [0.15, 0.2) is 66.0 Å². The van der Waals surface area contributed by atoms with E-state index in [1.165, 1.54) is 18.7 Å². The molecular formula is C19H17N3O2S. The maximum Gasteiger partial charge on any atom is 0.274 e. The number of benzene rings is 2. The van der Waals surface area contributed by atoms with Gasteiger partial charge in [-0.3, -0.25) is 14.2 Å². The van der Waals surface area contributed by atoms with Crippen LogP contribution in [0.1, 0.15) is 27.8 Å². The van der Waals surface area contributed by atoms with E-state index in [0.29, 0.717) is 16.9 Å². The van der Waals surface area contributed by atoms with Crippen molar-refractivity contribution in [2.45, 2.75) is 12.1 Å².